The second kappa shape index (κ2) is 16.5. The van der Waals surface area contributed by atoms with Crippen molar-refractivity contribution >= 4 is 24.8 Å². The Morgan fingerprint density at radius 3 is 0.750 bits per heavy atom. The Morgan fingerprint density at radius 1 is 0.750 bits per heavy atom. The largest absolute Gasteiger partial charge is 0.147 e. The zero-order valence-electron chi connectivity index (χ0n) is 1.41. The third-order valence-corrected chi connectivity index (χ3v) is 0. The molecule has 0 atom stereocenters. The Morgan fingerprint density at radius 2 is 0.750 bits per heavy atom. The predicted octanol–water partition coefficient (Wildman–Crippen LogP) is 0.844. The minimum Gasteiger partial charge on any atom is -0.147 e. The fourth-order valence-electron chi connectivity index (χ4n) is 0. The van der Waals surface area contributed by atoms with Gasteiger partial charge in [0.2, 0.25) is 0 Å². The molecule has 0 heterocycles. The molecule has 0 spiro atoms. The zero-order chi connectivity index (χ0) is 0. The van der Waals surface area contributed by atoms with Crippen molar-refractivity contribution in [2.45, 2.75) is 0 Å². The second-order valence-corrected chi connectivity index (χ2v) is 0. The van der Waals surface area contributed by atoms with Crippen molar-refractivity contribution in [1.82, 2.24) is 0 Å². The van der Waals surface area contributed by atoms with Gasteiger partial charge in [0.25, 0.3) is 0 Å². The van der Waals surface area contributed by atoms with Crippen LogP contribution in [0.1, 0.15) is 0 Å². The van der Waals surface area contributed by atoms with Gasteiger partial charge in [-0.1, -0.05) is 0 Å². The molecule has 0 aliphatic rings. The van der Waals surface area contributed by atoms with E-state index in [1.807, 2.05) is 0 Å². The molecule has 0 aromatic rings. The molecule has 0 unspecified atom stereocenters. The Hall–Kier alpha value is 3.09. The van der Waals surface area contributed by atoms with E-state index in [-0.39, 0.29) is 99.9 Å². The molecule has 0 saturated carbocycles. The van der Waals surface area contributed by atoms with Crippen LogP contribution < -0.4 is 0 Å². The van der Waals surface area contributed by atoms with E-state index in [0.717, 1.165) is 0 Å². The van der Waals surface area contributed by atoms with Crippen molar-refractivity contribution in [2.24, 2.45) is 0 Å². The molecule has 0 aromatic carbocycles. The van der Waals surface area contributed by atoms with Crippen LogP contribution in [0.3, 0.4) is 0 Å². The molecule has 1 radical (unpaired) electrons. The molecule has 0 saturated heterocycles. The van der Waals surface area contributed by atoms with Crippen molar-refractivity contribution in [2.75, 3.05) is 0 Å². The topological polar surface area (TPSA) is 0 Å². The van der Waals surface area contributed by atoms with Crippen molar-refractivity contribution < 1.29 is 75.0 Å². The molecule has 39 valence electrons. The van der Waals surface area contributed by atoms with E-state index >= 15 is 0 Å². The third-order valence-electron chi connectivity index (χ3n) is 0. The maximum Gasteiger partial charge on any atom is 0 e. The second-order valence-electron chi connectivity index (χ2n) is 0. The summed E-state index contributed by atoms with van der Waals surface area (Å²) >= 11 is 0. The summed E-state index contributed by atoms with van der Waals surface area (Å²) in [5.74, 6) is 0. The van der Waals surface area contributed by atoms with Crippen molar-refractivity contribution in [3.8, 4) is 0 Å². The van der Waals surface area contributed by atoms with Crippen molar-refractivity contribution in [3.63, 3.8) is 0 Å². The average molecular weight is 405 g/mol. The molecule has 0 aromatic heterocycles. The molecule has 0 N–H and O–H groups in total. The van der Waals surface area contributed by atoms with Gasteiger partial charge in [-0.2, -0.15) is 0 Å². The minimum absolute atomic E-state index is 0. The van der Waals surface area contributed by atoms with Gasteiger partial charge >= 0.3 is 0 Å². The molecule has 0 rings (SSSR count). The van der Waals surface area contributed by atoms with Gasteiger partial charge in [-0.15, -0.1) is 24.8 Å². The molecular weight excluding hydrogens is 403 g/mol. The maximum atomic E-state index is 0. The monoisotopic (exact) mass is 403 g/mol. The van der Waals surface area contributed by atoms with Crippen LogP contribution in [0, 0.1) is 75.0 Å². The summed E-state index contributed by atoms with van der Waals surface area (Å²) in [5, 5.41) is 0. The van der Waals surface area contributed by atoms with Crippen molar-refractivity contribution in [3.05, 3.63) is 0 Å². The van der Waals surface area contributed by atoms with Crippen LogP contribution in [-0.2, 0) is 0 Å². The van der Waals surface area contributed by atoms with E-state index in [9.17, 15) is 0 Å². The Kier molecular flexibility index (Phi) is 114. The first-order valence-corrected chi connectivity index (χ1v) is 0. The molecule has 0 aliphatic heterocycles. The zero-order valence-corrected chi connectivity index (χ0v) is 6.83. The SMILES string of the molecule is Cl.Cl.[Er].[Ho]. The summed E-state index contributed by atoms with van der Waals surface area (Å²) in [6, 6.07) is 0. The molecule has 0 nitrogen and oxygen atoms in total. The summed E-state index contributed by atoms with van der Waals surface area (Å²) in [6.45, 7) is 0. The Labute approximate surface area is 97.5 Å². The van der Waals surface area contributed by atoms with E-state index in [1.54, 1.807) is 0 Å². The van der Waals surface area contributed by atoms with Crippen LogP contribution in [0.2, 0.25) is 0 Å². The molecule has 0 fully saturated rings. The fourth-order valence-corrected chi connectivity index (χ4v) is 0. The molecule has 4 heteroatoms. The minimum atomic E-state index is 0. The summed E-state index contributed by atoms with van der Waals surface area (Å²) in [4.78, 5) is 0. The van der Waals surface area contributed by atoms with Crippen LogP contribution in [-0.4, -0.2) is 0 Å². The van der Waals surface area contributed by atoms with Gasteiger partial charge < -0.3 is 0 Å². The van der Waals surface area contributed by atoms with Gasteiger partial charge in [-0.25, -0.2) is 0 Å². The Bertz CT molecular complexity index is 6.00. The van der Waals surface area contributed by atoms with Crippen LogP contribution >= 0.6 is 24.8 Å². The van der Waals surface area contributed by atoms with Gasteiger partial charge in [0, 0.05) is 75.0 Å². The molecule has 0 aliphatic carbocycles. The normalized spacial score (nSPS) is 0. The average Bonchev–Trinajstić information content (AvgIpc) is 0. The van der Waals surface area contributed by atoms with E-state index in [0.29, 0.717) is 0 Å². The maximum absolute atomic E-state index is 0. The van der Waals surface area contributed by atoms with Crippen LogP contribution in [0.5, 0.6) is 0 Å². The van der Waals surface area contributed by atoms with E-state index < -0.39 is 0 Å². The van der Waals surface area contributed by atoms with Crippen LogP contribution in [0.25, 0.3) is 0 Å². The number of rotatable bonds is 0. The number of hydrogen-bond acceptors (Lipinski definition) is 0. The summed E-state index contributed by atoms with van der Waals surface area (Å²) in [7, 11) is 0. The molecule has 0 amide bonds. The molecule has 0 bridgehead atoms. The Balaban J connectivity index is 0. The van der Waals surface area contributed by atoms with Crippen LogP contribution in [0.4, 0.5) is 0 Å². The number of hydrogen-bond donors (Lipinski definition) is 0. The quantitative estimate of drug-likeness (QED) is 0.525. The van der Waals surface area contributed by atoms with Gasteiger partial charge in [0.1, 0.15) is 0 Å². The van der Waals surface area contributed by atoms with Gasteiger partial charge in [0.05, 0.1) is 0 Å². The van der Waals surface area contributed by atoms with Gasteiger partial charge in [-0.3, -0.25) is 0 Å². The first kappa shape index (κ1) is 27.6. The van der Waals surface area contributed by atoms with Gasteiger partial charge in [0.15, 0.2) is 0 Å². The predicted molar refractivity (Wildman–Crippen MR) is 14.5 cm³/mol. The molecule has 4 heavy (non-hydrogen) atoms. The summed E-state index contributed by atoms with van der Waals surface area (Å²) in [6.07, 6.45) is 0. The van der Waals surface area contributed by atoms with E-state index in [1.165, 1.54) is 0 Å². The van der Waals surface area contributed by atoms with E-state index in [2.05, 4.69) is 0 Å². The van der Waals surface area contributed by atoms with Crippen LogP contribution in [0.15, 0.2) is 0 Å². The number of halogens is 2. The fraction of sp³-hybridized carbons (Fsp3) is 0. The molecular formula is H2Cl2ErHo. The van der Waals surface area contributed by atoms with Crippen molar-refractivity contribution in [1.29, 1.82) is 0 Å². The smallest absolute Gasteiger partial charge is 0 e. The summed E-state index contributed by atoms with van der Waals surface area (Å²) in [5.41, 5.74) is 0. The third kappa shape index (κ3) is 8.92. The summed E-state index contributed by atoms with van der Waals surface area (Å²) < 4.78 is 0. The van der Waals surface area contributed by atoms with E-state index in [4.69, 9.17) is 0 Å². The first-order valence-electron chi connectivity index (χ1n) is 0. The first-order chi connectivity index (χ1) is 0. The van der Waals surface area contributed by atoms with Gasteiger partial charge in [-0.05, 0) is 0 Å². The standard InChI is InChI=1S/2ClH.Er.Ho/h2*1H;;.